The minimum absolute atomic E-state index is 0.282. The summed E-state index contributed by atoms with van der Waals surface area (Å²) in [5.41, 5.74) is 0. The molecule has 0 aromatic heterocycles. The van der Waals surface area contributed by atoms with Gasteiger partial charge < -0.3 is 24.8 Å². The van der Waals surface area contributed by atoms with Gasteiger partial charge in [0.25, 0.3) is 0 Å². The van der Waals surface area contributed by atoms with E-state index in [1.165, 1.54) is 4.90 Å². The van der Waals surface area contributed by atoms with Gasteiger partial charge in [0.05, 0.1) is 13.2 Å². The van der Waals surface area contributed by atoms with Crippen LogP contribution < -0.4 is 5.32 Å². The Labute approximate surface area is 119 Å². The molecule has 1 aliphatic heterocycles. The lowest BCUT2D eigenvalue weighted by molar-refractivity contribution is -0.141. The van der Waals surface area contributed by atoms with Crippen LogP contribution in [0.3, 0.4) is 0 Å². The average molecular weight is 288 g/mol. The largest absolute Gasteiger partial charge is 0.480 e. The summed E-state index contributed by atoms with van der Waals surface area (Å²) in [4.78, 5) is 24.2. The first-order chi connectivity index (χ1) is 9.66. The topological polar surface area (TPSA) is 88.1 Å². The minimum atomic E-state index is -0.927. The number of aliphatic carboxylic acids is 1. The maximum Gasteiger partial charge on any atom is 0.326 e. The van der Waals surface area contributed by atoms with E-state index in [1.807, 2.05) is 0 Å². The number of nitrogens with zero attached hydrogens (tertiary/aromatic N) is 1. The molecule has 0 spiro atoms. The molecule has 0 unspecified atom stereocenters. The molecule has 1 fully saturated rings. The highest BCUT2D eigenvalue weighted by Crippen LogP contribution is 2.17. The number of unbranched alkanes of at least 4 members (excludes halogenated alkanes) is 1. The van der Waals surface area contributed by atoms with Gasteiger partial charge in [-0.15, -0.1) is 0 Å². The summed E-state index contributed by atoms with van der Waals surface area (Å²) in [5.74, 6) is -0.927. The van der Waals surface area contributed by atoms with E-state index in [4.69, 9.17) is 14.6 Å². The number of urea groups is 1. The van der Waals surface area contributed by atoms with Gasteiger partial charge in [-0.2, -0.15) is 0 Å². The number of carboxylic acid groups (broad SMARTS) is 1. The molecular formula is C13H24N2O5. The summed E-state index contributed by atoms with van der Waals surface area (Å²) in [6, 6.07) is -0.956. The number of amides is 2. The monoisotopic (exact) mass is 288 g/mol. The quantitative estimate of drug-likeness (QED) is 0.609. The first-order valence-electron chi connectivity index (χ1n) is 7.00. The Morgan fingerprint density at radius 3 is 2.80 bits per heavy atom. The number of methoxy groups -OCH3 is 1. The van der Waals surface area contributed by atoms with Crippen molar-refractivity contribution in [2.75, 3.05) is 40.0 Å². The van der Waals surface area contributed by atoms with Crippen LogP contribution in [0.25, 0.3) is 0 Å². The Morgan fingerprint density at radius 1 is 1.30 bits per heavy atom. The summed E-state index contributed by atoms with van der Waals surface area (Å²) in [5, 5.41) is 11.8. The van der Waals surface area contributed by atoms with E-state index in [-0.39, 0.29) is 6.03 Å². The molecule has 1 heterocycles. The van der Waals surface area contributed by atoms with Crippen LogP contribution in [0.1, 0.15) is 25.7 Å². The van der Waals surface area contributed by atoms with E-state index < -0.39 is 12.0 Å². The third-order valence-electron chi connectivity index (χ3n) is 3.22. The van der Waals surface area contributed by atoms with Crippen LogP contribution in [0.5, 0.6) is 0 Å². The van der Waals surface area contributed by atoms with E-state index in [2.05, 4.69) is 5.32 Å². The number of likely N-dealkylation sites (tertiary alicyclic amines) is 1. The number of carbonyl (C=O) groups excluding carboxylic acids is 1. The van der Waals surface area contributed by atoms with Gasteiger partial charge in [-0.1, -0.05) is 0 Å². The molecule has 0 bridgehead atoms. The normalized spacial score (nSPS) is 18.2. The number of rotatable bonds is 9. The third kappa shape index (κ3) is 5.75. The zero-order chi connectivity index (χ0) is 14.8. The Hall–Kier alpha value is -1.34. The van der Waals surface area contributed by atoms with Gasteiger partial charge in [0.15, 0.2) is 0 Å². The lowest BCUT2D eigenvalue weighted by Crippen LogP contribution is -2.46. The fourth-order valence-corrected chi connectivity index (χ4v) is 2.14. The molecule has 0 radical (unpaired) electrons. The minimum Gasteiger partial charge on any atom is -0.480 e. The highest BCUT2D eigenvalue weighted by molar-refractivity contribution is 5.83. The lowest BCUT2D eigenvalue weighted by Gasteiger charge is -2.21. The van der Waals surface area contributed by atoms with Crippen LogP contribution >= 0.6 is 0 Å². The van der Waals surface area contributed by atoms with Gasteiger partial charge in [0.1, 0.15) is 6.04 Å². The maximum atomic E-state index is 11.8. The van der Waals surface area contributed by atoms with Crippen molar-refractivity contribution in [2.24, 2.45) is 0 Å². The van der Waals surface area contributed by atoms with Crippen molar-refractivity contribution in [1.82, 2.24) is 10.2 Å². The van der Waals surface area contributed by atoms with E-state index >= 15 is 0 Å². The molecule has 2 amide bonds. The molecule has 7 heteroatoms. The van der Waals surface area contributed by atoms with E-state index in [9.17, 15) is 9.59 Å². The summed E-state index contributed by atoms with van der Waals surface area (Å²) >= 11 is 0. The second kappa shape index (κ2) is 9.55. The summed E-state index contributed by atoms with van der Waals surface area (Å²) in [6.07, 6.45) is 2.95. The van der Waals surface area contributed by atoms with Crippen LogP contribution in [-0.4, -0.2) is 68.1 Å². The summed E-state index contributed by atoms with van der Waals surface area (Å²) < 4.78 is 10.2. The second-order valence-corrected chi connectivity index (χ2v) is 4.73. The van der Waals surface area contributed by atoms with Gasteiger partial charge in [0, 0.05) is 26.8 Å². The van der Waals surface area contributed by atoms with E-state index in [1.54, 1.807) is 7.11 Å². The highest BCUT2D eigenvalue weighted by Gasteiger charge is 2.33. The number of carboxylic acids is 1. The van der Waals surface area contributed by atoms with Gasteiger partial charge in [-0.25, -0.2) is 9.59 Å². The predicted molar refractivity (Wildman–Crippen MR) is 72.7 cm³/mol. The average Bonchev–Trinajstić information content (AvgIpc) is 2.91. The fraction of sp³-hybridized carbons (Fsp3) is 0.846. The second-order valence-electron chi connectivity index (χ2n) is 4.73. The molecule has 0 aromatic carbocycles. The predicted octanol–water partition coefficient (Wildman–Crippen LogP) is 0.688. The van der Waals surface area contributed by atoms with Crippen LogP contribution in [0.4, 0.5) is 4.79 Å². The standard InChI is InChI=1S/C13H24N2O5/c1-19-9-10-20-8-3-2-6-14-13(18)15-7-4-5-11(15)12(16)17/h11H,2-10H2,1H3,(H,14,18)(H,16,17)/t11-/m1/s1. The number of hydrogen-bond donors (Lipinski definition) is 2. The Kier molecular flexibility index (Phi) is 7.98. The fourth-order valence-electron chi connectivity index (χ4n) is 2.14. The van der Waals surface area contributed by atoms with Gasteiger partial charge in [-0.3, -0.25) is 0 Å². The zero-order valence-electron chi connectivity index (χ0n) is 12.0. The zero-order valence-corrected chi connectivity index (χ0v) is 12.0. The molecule has 1 aliphatic rings. The molecule has 1 rings (SSSR count). The van der Waals surface area contributed by atoms with Crippen molar-refractivity contribution >= 4 is 12.0 Å². The van der Waals surface area contributed by atoms with Crippen molar-refractivity contribution in [2.45, 2.75) is 31.7 Å². The number of carbonyl (C=O) groups is 2. The molecule has 0 aromatic rings. The molecule has 116 valence electrons. The van der Waals surface area contributed by atoms with Crippen molar-refractivity contribution in [3.63, 3.8) is 0 Å². The Bertz CT molecular complexity index is 311. The Balaban J connectivity index is 2.07. The van der Waals surface area contributed by atoms with Crippen LogP contribution in [-0.2, 0) is 14.3 Å². The molecule has 1 atom stereocenters. The van der Waals surface area contributed by atoms with Crippen molar-refractivity contribution in [3.05, 3.63) is 0 Å². The van der Waals surface area contributed by atoms with Gasteiger partial charge >= 0.3 is 12.0 Å². The Morgan fingerprint density at radius 2 is 2.10 bits per heavy atom. The first-order valence-corrected chi connectivity index (χ1v) is 7.00. The SMILES string of the molecule is COCCOCCCCNC(=O)N1CCC[C@@H]1C(=O)O. The van der Waals surface area contributed by atoms with Crippen LogP contribution in [0.15, 0.2) is 0 Å². The first kappa shape index (κ1) is 16.7. The van der Waals surface area contributed by atoms with Crippen molar-refractivity contribution < 1.29 is 24.2 Å². The molecule has 0 aliphatic carbocycles. The van der Waals surface area contributed by atoms with Gasteiger partial charge in [-0.05, 0) is 25.7 Å². The smallest absolute Gasteiger partial charge is 0.326 e. The van der Waals surface area contributed by atoms with Crippen LogP contribution in [0.2, 0.25) is 0 Å². The summed E-state index contributed by atoms with van der Waals surface area (Å²) in [7, 11) is 1.63. The molecule has 0 saturated carbocycles. The molecule has 2 N–H and O–H groups in total. The molecule has 20 heavy (non-hydrogen) atoms. The lowest BCUT2D eigenvalue weighted by atomic mass is 10.2. The molecule has 7 nitrogen and oxygen atoms in total. The number of nitrogens with one attached hydrogen (secondary N) is 1. The molecular weight excluding hydrogens is 264 g/mol. The number of hydrogen-bond acceptors (Lipinski definition) is 4. The van der Waals surface area contributed by atoms with E-state index in [0.29, 0.717) is 39.3 Å². The summed E-state index contributed by atoms with van der Waals surface area (Å²) in [6.45, 7) is 2.86. The number of ether oxygens (including phenoxy) is 2. The molecule has 1 saturated heterocycles. The maximum absolute atomic E-state index is 11.8. The van der Waals surface area contributed by atoms with Crippen molar-refractivity contribution in [3.8, 4) is 0 Å². The van der Waals surface area contributed by atoms with Gasteiger partial charge in [0.2, 0.25) is 0 Å². The third-order valence-corrected chi connectivity index (χ3v) is 3.22. The van der Waals surface area contributed by atoms with Crippen LogP contribution in [0, 0.1) is 0 Å². The van der Waals surface area contributed by atoms with Crippen molar-refractivity contribution in [1.29, 1.82) is 0 Å². The highest BCUT2D eigenvalue weighted by atomic mass is 16.5. The van der Waals surface area contributed by atoms with E-state index in [0.717, 1.165) is 19.3 Å².